The van der Waals surface area contributed by atoms with E-state index in [1.807, 2.05) is 39.0 Å². The maximum Gasteiger partial charge on any atom is 0.343 e. The average Bonchev–Trinajstić information content (AvgIpc) is 2.85. The van der Waals surface area contributed by atoms with Gasteiger partial charge >= 0.3 is 5.97 Å². The minimum absolute atomic E-state index is 0.00628. The third kappa shape index (κ3) is 4.88. The molecule has 0 N–H and O–H groups in total. The molecule has 0 saturated heterocycles. The second-order valence-electron chi connectivity index (χ2n) is 7.90. The summed E-state index contributed by atoms with van der Waals surface area (Å²) >= 11 is 0. The Morgan fingerprint density at radius 3 is 2.50 bits per heavy atom. The van der Waals surface area contributed by atoms with E-state index in [2.05, 4.69) is 10.1 Å². The normalized spacial score (nSPS) is 11.3. The van der Waals surface area contributed by atoms with Crippen LogP contribution in [-0.4, -0.2) is 28.5 Å². The molecule has 0 aliphatic heterocycles. The Kier molecular flexibility index (Phi) is 6.82. The molecule has 0 radical (unpaired) electrons. The fraction of sp³-hybridized carbons (Fsp3) is 0.185. The van der Waals surface area contributed by atoms with Crippen LogP contribution in [-0.2, 0) is 0 Å². The number of rotatable bonds is 7. The average molecular weight is 456 g/mol. The molecule has 4 rings (SSSR count). The molecule has 172 valence electrons. The van der Waals surface area contributed by atoms with Gasteiger partial charge in [0.25, 0.3) is 5.56 Å². The zero-order valence-corrected chi connectivity index (χ0v) is 19.3. The summed E-state index contributed by atoms with van der Waals surface area (Å²) in [6.07, 6.45) is 1.56. The molecule has 0 aliphatic carbocycles. The molecule has 1 heterocycles. The van der Waals surface area contributed by atoms with Crippen LogP contribution in [0.15, 0.2) is 82.7 Å². The van der Waals surface area contributed by atoms with Crippen LogP contribution in [0, 0.1) is 0 Å². The molecule has 1 aromatic heterocycles. The van der Waals surface area contributed by atoms with Gasteiger partial charge in [0.15, 0.2) is 11.5 Å². The molecule has 0 saturated carbocycles. The summed E-state index contributed by atoms with van der Waals surface area (Å²) < 4.78 is 12.6. The van der Waals surface area contributed by atoms with Crippen molar-refractivity contribution < 1.29 is 14.3 Å². The van der Waals surface area contributed by atoms with Gasteiger partial charge in [-0.15, -0.1) is 0 Å². The summed E-state index contributed by atoms with van der Waals surface area (Å²) in [6.45, 7) is 6.16. The molecule has 0 aliphatic rings. The number of nitrogens with zero attached hydrogens (tertiary/aromatic N) is 3. The van der Waals surface area contributed by atoms with Crippen molar-refractivity contribution >= 4 is 23.1 Å². The largest absolute Gasteiger partial charge is 0.490 e. The Hall–Kier alpha value is -4.26. The second-order valence-corrected chi connectivity index (χ2v) is 7.90. The highest BCUT2D eigenvalue weighted by Gasteiger charge is 2.15. The van der Waals surface area contributed by atoms with Gasteiger partial charge in [-0.2, -0.15) is 9.78 Å². The van der Waals surface area contributed by atoms with Crippen molar-refractivity contribution in [2.24, 2.45) is 5.10 Å². The van der Waals surface area contributed by atoms with Crippen LogP contribution in [0.3, 0.4) is 0 Å². The van der Waals surface area contributed by atoms with Gasteiger partial charge in [-0.1, -0.05) is 44.2 Å². The highest BCUT2D eigenvalue weighted by Crippen LogP contribution is 2.29. The molecule has 4 aromatic rings. The van der Waals surface area contributed by atoms with Gasteiger partial charge in [0.05, 0.1) is 29.3 Å². The number of hydrogen-bond donors (Lipinski definition) is 0. The van der Waals surface area contributed by atoms with Crippen LogP contribution in [0.5, 0.6) is 11.5 Å². The summed E-state index contributed by atoms with van der Waals surface area (Å²) in [6, 6.07) is 21.1. The number of aromatic nitrogens is 2. The van der Waals surface area contributed by atoms with Gasteiger partial charge in [-0.25, -0.2) is 9.78 Å². The molecule has 7 heteroatoms. The standard InChI is InChI=1S/C27H25N3O4/c1-4-33-24-16-19(14-15-23(24)34-27(32)20-10-6-5-7-11-20)17-28-30-25(18(2)3)29-22-13-9-8-12-21(22)26(30)31/h5-18H,4H2,1-3H3. The number of para-hydroxylation sites is 1. The molecular formula is C27H25N3O4. The molecule has 34 heavy (non-hydrogen) atoms. The lowest BCUT2D eigenvalue weighted by Crippen LogP contribution is -2.23. The Morgan fingerprint density at radius 1 is 1.03 bits per heavy atom. The highest BCUT2D eigenvalue weighted by molar-refractivity contribution is 5.91. The van der Waals surface area contributed by atoms with Crippen LogP contribution in [0.25, 0.3) is 10.9 Å². The summed E-state index contributed by atoms with van der Waals surface area (Å²) in [4.78, 5) is 30.2. The van der Waals surface area contributed by atoms with E-state index < -0.39 is 5.97 Å². The smallest absolute Gasteiger partial charge is 0.343 e. The van der Waals surface area contributed by atoms with E-state index in [0.717, 1.165) is 0 Å². The van der Waals surface area contributed by atoms with E-state index in [1.54, 1.807) is 60.8 Å². The number of fused-ring (bicyclic) bond motifs is 1. The molecule has 0 atom stereocenters. The van der Waals surface area contributed by atoms with Gasteiger partial charge in [0.1, 0.15) is 5.82 Å². The highest BCUT2D eigenvalue weighted by atomic mass is 16.6. The van der Waals surface area contributed by atoms with E-state index in [-0.39, 0.29) is 11.5 Å². The SMILES string of the molecule is CCOc1cc(C=Nn2c(C(C)C)nc3ccccc3c2=O)ccc1OC(=O)c1ccccc1. The van der Waals surface area contributed by atoms with E-state index in [1.165, 1.54) is 4.68 Å². The number of esters is 1. The molecule has 0 spiro atoms. The number of carbonyl (C=O) groups excluding carboxylic acids is 1. The monoisotopic (exact) mass is 455 g/mol. The first-order valence-corrected chi connectivity index (χ1v) is 11.1. The van der Waals surface area contributed by atoms with Crippen molar-refractivity contribution in [1.29, 1.82) is 0 Å². The molecule has 7 nitrogen and oxygen atoms in total. The van der Waals surface area contributed by atoms with Crippen molar-refractivity contribution in [2.75, 3.05) is 6.61 Å². The van der Waals surface area contributed by atoms with Crippen LogP contribution >= 0.6 is 0 Å². The lowest BCUT2D eigenvalue weighted by molar-refractivity contribution is 0.0728. The lowest BCUT2D eigenvalue weighted by atomic mass is 10.2. The molecule has 0 unspecified atom stereocenters. The van der Waals surface area contributed by atoms with Gasteiger partial charge in [0.2, 0.25) is 0 Å². The minimum atomic E-state index is -0.474. The van der Waals surface area contributed by atoms with Gasteiger partial charge in [-0.05, 0) is 55.0 Å². The molecule has 0 bridgehead atoms. The summed E-state index contributed by atoms with van der Waals surface area (Å²) in [5.41, 5.74) is 1.53. The fourth-order valence-corrected chi connectivity index (χ4v) is 3.44. The number of benzene rings is 3. The summed E-state index contributed by atoms with van der Waals surface area (Å²) in [5.74, 6) is 0.800. The van der Waals surface area contributed by atoms with Crippen molar-refractivity contribution in [2.45, 2.75) is 26.7 Å². The van der Waals surface area contributed by atoms with Crippen molar-refractivity contribution in [1.82, 2.24) is 9.66 Å². The summed E-state index contributed by atoms with van der Waals surface area (Å²) in [7, 11) is 0. The first-order valence-electron chi connectivity index (χ1n) is 11.1. The van der Waals surface area contributed by atoms with E-state index in [0.29, 0.717) is 46.0 Å². The zero-order chi connectivity index (χ0) is 24.1. The Bertz CT molecular complexity index is 1410. The van der Waals surface area contributed by atoms with Gasteiger partial charge in [0, 0.05) is 5.92 Å². The van der Waals surface area contributed by atoms with Crippen LogP contribution in [0.4, 0.5) is 0 Å². The predicted octanol–water partition coefficient (Wildman–Crippen LogP) is 5.02. The third-order valence-corrected chi connectivity index (χ3v) is 5.10. The maximum atomic E-state index is 13.1. The van der Waals surface area contributed by atoms with E-state index in [9.17, 15) is 9.59 Å². The van der Waals surface area contributed by atoms with E-state index in [4.69, 9.17) is 9.47 Å². The molecule has 0 fully saturated rings. The zero-order valence-electron chi connectivity index (χ0n) is 19.3. The molecular weight excluding hydrogens is 430 g/mol. The van der Waals surface area contributed by atoms with E-state index >= 15 is 0 Å². The number of hydrogen-bond acceptors (Lipinski definition) is 6. The fourth-order valence-electron chi connectivity index (χ4n) is 3.44. The number of ether oxygens (including phenoxy) is 2. The first-order chi connectivity index (χ1) is 16.5. The van der Waals surface area contributed by atoms with Gasteiger partial charge < -0.3 is 9.47 Å². The Morgan fingerprint density at radius 2 is 1.76 bits per heavy atom. The minimum Gasteiger partial charge on any atom is -0.490 e. The summed E-state index contributed by atoms with van der Waals surface area (Å²) in [5, 5.41) is 4.94. The first kappa shape index (κ1) is 22.9. The Balaban J connectivity index is 1.67. The Labute approximate surface area is 197 Å². The number of carbonyl (C=O) groups is 1. The van der Waals surface area contributed by atoms with Crippen molar-refractivity contribution in [3.63, 3.8) is 0 Å². The van der Waals surface area contributed by atoms with Crippen LogP contribution in [0.2, 0.25) is 0 Å². The molecule has 3 aromatic carbocycles. The predicted molar refractivity (Wildman–Crippen MR) is 132 cm³/mol. The molecule has 0 amide bonds. The van der Waals surface area contributed by atoms with Gasteiger partial charge in [-0.3, -0.25) is 4.79 Å². The third-order valence-electron chi connectivity index (χ3n) is 5.10. The second kappa shape index (κ2) is 10.1. The van der Waals surface area contributed by atoms with Crippen molar-refractivity contribution in [3.05, 3.63) is 100 Å². The lowest BCUT2D eigenvalue weighted by Gasteiger charge is -2.12. The topological polar surface area (TPSA) is 82.8 Å². The quantitative estimate of drug-likeness (QED) is 0.222. The van der Waals surface area contributed by atoms with Crippen molar-refractivity contribution in [3.8, 4) is 11.5 Å². The maximum absolute atomic E-state index is 13.1. The van der Waals surface area contributed by atoms with Crippen LogP contribution in [0.1, 0.15) is 48.4 Å². The van der Waals surface area contributed by atoms with Crippen LogP contribution < -0.4 is 15.0 Å².